The molecule has 1 atom stereocenters. The van der Waals surface area contributed by atoms with E-state index in [-0.39, 0.29) is 5.91 Å². The fourth-order valence-electron chi connectivity index (χ4n) is 2.41. The second kappa shape index (κ2) is 7.81. The molecule has 1 N–H and O–H groups in total. The molecule has 0 aliphatic carbocycles. The van der Waals surface area contributed by atoms with Crippen LogP contribution in [0.2, 0.25) is 0 Å². The first-order valence-electron chi connectivity index (χ1n) is 7.44. The Kier molecular flexibility index (Phi) is 6.01. The molecule has 0 saturated heterocycles. The molecule has 2 rings (SSSR count). The van der Waals surface area contributed by atoms with E-state index in [1.807, 2.05) is 12.1 Å². The van der Waals surface area contributed by atoms with Crippen LogP contribution in [0.4, 0.5) is 11.4 Å². The number of carbonyl (C=O) groups excluding carboxylic acids is 1. The Hall–Kier alpha value is -1.86. The van der Waals surface area contributed by atoms with E-state index in [0.29, 0.717) is 17.8 Å². The monoisotopic (exact) mass is 410 g/mol. The number of sulfonamides is 1. The lowest BCUT2D eigenvalue weighted by Crippen LogP contribution is -2.47. The summed E-state index contributed by atoms with van der Waals surface area (Å²) in [5, 5.41) is 2.79. The van der Waals surface area contributed by atoms with Crippen LogP contribution in [0, 0.1) is 0 Å². The Labute approximate surface area is 150 Å². The van der Waals surface area contributed by atoms with Crippen molar-refractivity contribution in [3.63, 3.8) is 0 Å². The zero-order chi connectivity index (χ0) is 17.7. The third-order valence-electron chi connectivity index (χ3n) is 3.47. The molecule has 2 aromatic carbocycles. The predicted octanol–water partition coefficient (Wildman–Crippen LogP) is 3.63. The minimum absolute atomic E-state index is 0.345. The molecule has 0 heterocycles. The van der Waals surface area contributed by atoms with Crippen LogP contribution in [-0.4, -0.2) is 26.6 Å². The van der Waals surface area contributed by atoms with Crippen molar-refractivity contribution in [3.05, 3.63) is 59.1 Å². The van der Waals surface area contributed by atoms with Crippen LogP contribution in [-0.2, 0) is 14.8 Å². The van der Waals surface area contributed by atoms with Crippen LogP contribution in [0.25, 0.3) is 0 Å². The van der Waals surface area contributed by atoms with E-state index < -0.39 is 16.1 Å². The first-order chi connectivity index (χ1) is 11.3. The van der Waals surface area contributed by atoms with Gasteiger partial charge in [-0.2, -0.15) is 0 Å². The van der Waals surface area contributed by atoms with E-state index in [4.69, 9.17) is 0 Å². The fraction of sp³-hybridized carbons (Fsp3) is 0.235. The number of hydrogen-bond acceptors (Lipinski definition) is 3. The summed E-state index contributed by atoms with van der Waals surface area (Å²) in [7, 11) is -3.62. The normalized spacial score (nSPS) is 12.5. The van der Waals surface area contributed by atoms with Gasteiger partial charge in [0.1, 0.15) is 6.04 Å². The van der Waals surface area contributed by atoms with E-state index in [1.54, 1.807) is 49.4 Å². The summed E-state index contributed by atoms with van der Waals surface area (Å²) in [5.41, 5.74) is 1.07. The quantitative estimate of drug-likeness (QED) is 0.790. The van der Waals surface area contributed by atoms with Gasteiger partial charge in [0.05, 0.1) is 17.6 Å². The highest BCUT2D eigenvalue weighted by Gasteiger charge is 2.31. The number of benzene rings is 2. The molecule has 1 amide bonds. The van der Waals surface area contributed by atoms with E-state index in [0.717, 1.165) is 10.7 Å². The average molecular weight is 411 g/mol. The van der Waals surface area contributed by atoms with Gasteiger partial charge in [0.15, 0.2) is 0 Å². The third-order valence-corrected chi connectivity index (χ3v) is 5.34. The zero-order valence-corrected chi connectivity index (χ0v) is 15.8. The Bertz CT molecular complexity index is 810. The van der Waals surface area contributed by atoms with Crippen LogP contribution in [0.1, 0.15) is 13.3 Å². The van der Waals surface area contributed by atoms with Crippen molar-refractivity contribution in [2.75, 3.05) is 15.9 Å². The van der Waals surface area contributed by atoms with Gasteiger partial charge in [-0.15, -0.1) is 0 Å². The number of para-hydroxylation sites is 2. The molecular weight excluding hydrogens is 392 g/mol. The summed E-state index contributed by atoms with van der Waals surface area (Å²) in [4.78, 5) is 12.7. The molecule has 7 heteroatoms. The summed E-state index contributed by atoms with van der Waals surface area (Å²) in [6.45, 7) is 1.78. The lowest BCUT2D eigenvalue weighted by atomic mass is 10.2. The van der Waals surface area contributed by atoms with Crippen molar-refractivity contribution in [3.8, 4) is 0 Å². The van der Waals surface area contributed by atoms with Gasteiger partial charge in [-0.3, -0.25) is 9.10 Å². The van der Waals surface area contributed by atoms with Crippen LogP contribution >= 0.6 is 15.9 Å². The van der Waals surface area contributed by atoms with Gasteiger partial charge < -0.3 is 5.32 Å². The number of anilines is 2. The van der Waals surface area contributed by atoms with Gasteiger partial charge >= 0.3 is 0 Å². The van der Waals surface area contributed by atoms with Crippen LogP contribution in [0.15, 0.2) is 59.1 Å². The number of nitrogens with one attached hydrogen (secondary N) is 1. The number of halogens is 1. The second-order valence-electron chi connectivity index (χ2n) is 5.29. The Morgan fingerprint density at radius 1 is 1.12 bits per heavy atom. The van der Waals surface area contributed by atoms with Gasteiger partial charge in [-0.1, -0.05) is 37.3 Å². The van der Waals surface area contributed by atoms with Crippen molar-refractivity contribution in [2.24, 2.45) is 0 Å². The number of hydrogen-bond donors (Lipinski definition) is 1. The van der Waals surface area contributed by atoms with E-state index >= 15 is 0 Å². The number of rotatable bonds is 6. The Morgan fingerprint density at radius 3 is 2.25 bits per heavy atom. The number of amides is 1. The first kappa shape index (κ1) is 18.5. The molecule has 0 aromatic heterocycles. The number of carbonyl (C=O) groups is 1. The molecule has 5 nitrogen and oxygen atoms in total. The van der Waals surface area contributed by atoms with E-state index in [2.05, 4.69) is 21.2 Å². The van der Waals surface area contributed by atoms with Crippen molar-refractivity contribution in [2.45, 2.75) is 19.4 Å². The molecule has 128 valence electrons. The molecule has 0 saturated carbocycles. The minimum atomic E-state index is -3.62. The molecular formula is C17H19BrN2O3S. The SMILES string of the molecule is CC[C@@H](C(=O)Nc1ccccc1Br)N(c1ccccc1)S(C)(=O)=O. The molecule has 2 aromatic rings. The van der Waals surface area contributed by atoms with Crippen molar-refractivity contribution in [1.82, 2.24) is 0 Å². The molecule has 0 unspecified atom stereocenters. The first-order valence-corrected chi connectivity index (χ1v) is 10.1. The smallest absolute Gasteiger partial charge is 0.248 e. The summed E-state index contributed by atoms with van der Waals surface area (Å²) in [5.74, 6) is -0.376. The molecule has 0 bridgehead atoms. The predicted molar refractivity (Wildman–Crippen MR) is 101 cm³/mol. The summed E-state index contributed by atoms with van der Waals surface area (Å²) in [6.07, 6.45) is 1.45. The maximum absolute atomic E-state index is 12.7. The van der Waals surface area contributed by atoms with E-state index in [1.165, 1.54) is 4.31 Å². The highest BCUT2D eigenvalue weighted by atomic mass is 79.9. The largest absolute Gasteiger partial charge is 0.323 e. The molecule has 0 aliphatic rings. The summed E-state index contributed by atoms with van der Waals surface area (Å²) < 4.78 is 26.5. The third kappa shape index (κ3) is 4.36. The molecule has 0 fully saturated rings. The lowest BCUT2D eigenvalue weighted by Gasteiger charge is -2.30. The standard InChI is InChI=1S/C17H19BrN2O3S/c1-3-16(17(21)19-15-12-8-7-11-14(15)18)20(24(2,22)23)13-9-5-4-6-10-13/h4-12,16H,3H2,1-2H3,(H,19,21)/t16-/m0/s1. The molecule has 0 aliphatic heterocycles. The zero-order valence-electron chi connectivity index (χ0n) is 13.4. The van der Waals surface area contributed by atoms with Gasteiger partial charge in [-0.05, 0) is 46.6 Å². The fourth-order valence-corrected chi connectivity index (χ4v) is 4.01. The maximum Gasteiger partial charge on any atom is 0.248 e. The molecule has 0 spiro atoms. The lowest BCUT2D eigenvalue weighted by molar-refractivity contribution is -0.117. The van der Waals surface area contributed by atoms with Gasteiger partial charge in [0.2, 0.25) is 15.9 Å². The Morgan fingerprint density at radius 2 is 1.71 bits per heavy atom. The van der Waals surface area contributed by atoms with Crippen molar-refractivity contribution in [1.29, 1.82) is 0 Å². The Balaban J connectivity index is 2.36. The van der Waals surface area contributed by atoms with Crippen molar-refractivity contribution >= 4 is 43.2 Å². The van der Waals surface area contributed by atoms with E-state index in [9.17, 15) is 13.2 Å². The van der Waals surface area contributed by atoms with Crippen LogP contribution in [0.3, 0.4) is 0 Å². The maximum atomic E-state index is 12.7. The number of nitrogens with zero attached hydrogens (tertiary/aromatic N) is 1. The molecule has 24 heavy (non-hydrogen) atoms. The van der Waals surface area contributed by atoms with Gasteiger partial charge in [-0.25, -0.2) is 8.42 Å². The van der Waals surface area contributed by atoms with Crippen LogP contribution < -0.4 is 9.62 Å². The summed E-state index contributed by atoms with van der Waals surface area (Å²) >= 11 is 3.37. The van der Waals surface area contributed by atoms with Gasteiger partial charge in [0, 0.05) is 4.47 Å². The van der Waals surface area contributed by atoms with Gasteiger partial charge in [0.25, 0.3) is 0 Å². The van der Waals surface area contributed by atoms with Crippen molar-refractivity contribution < 1.29 is 13.2 Å². The minimum Gasteiger partial charge on any atom is -0.323 e. The average Bonchev–Trinajstić information content (AvgIpc) is 2.54. The highest BCUT2D eigenvalue weighted by molar-refractivity contribution is 9.10. The molecule has 0 radical (unpaired) electrons. The second-order valence-corrected chi connectivity index (χ2v) is 8.00. The highest BCUT2D eigenvalue weighted by Crippen LogP contribution is 2.25. The summed E-state index contributed by atoms with van der Waals surface area (Å²) in [6, 6.07) is 15.0. The topological polar surface area (TPSA) is 66.5 Å². The van der Waals surface area contributed by atoms with Crippen LogP contribution in [0.5, 0.6) is 0 Å².